The summed E-state index contributed by atoms with van der Waals surface area (Å²) in [6.45, 7) is 0. The van der Waals surface area contributed by atoms with Gasteiger partial charge in [-0.25, -0.2) is 0 Å². The second kappa shape index (κ2) is 6.56. The molecule has 0 aromatic heterocycles. The van der Waals surface area contributed by atoms with E-state index in [9.17, 15) is 4.79 Å². The van der Waals surface area contributed by atoms with Gasteiger partial charge in [0.25, 0.3) is 0 Å². The second-order valence-corrected chi connectivity index (χ2v) is 4.68. The molecule has 4 nitrogen and oxygen atoms in total. The van der Waals surface area contributed by atoms with Crippen LogP contribution < -0.4 is 5.32 Å². The molecule has 1 N–H and O–H groups in total. The molecule has 1 unspecified atom stereocenters. The van der Waals surface area contributed by atoms with Crippen LogP contribution in [0.15, 0.2) is 48.5 Å². The SMILES string of the molecule is N#Cc1ccc(NC(=O)C(Cl)c2ccccc2)cc1C#N. The van der Waals surface area contributed by atoms with Gasteiger partial charge in [0.05, 0.1) is 11.1 Å². The summed E-state index contributed by atoms with van der Waals surface area (Å²) in [6.07, 6.45) is 0. The Morgan fingerprint density at radius 3 is 2.33 bits per heavy atom. The van der Waals surface area contributed by atoms with Gasteiger partial charge in [0.1, 0.15) is 17.5 Å². The van der Waals surface area contributed by atoms with Gasteiger partial charge < -0.3 is 5.32 Å². The molecule has 0 spiro atoms. The van der Waals surface area contributed by atoms with Gasteiger partial charge in [-0.1, -0.05) is 30.3 Å². The number of nitriles is 2. The van der Waals surface area contributed by atoms with Crippen LogP contribution in [0.2, 0.25) is 0 Å². The molecule has 0 aliphatic carbocycles. The molecule has 0 aliphatic heterocycles. The first kappa shape index (κ1) is 14.6. The number of carbonyl (C=O) groups excluding carboxylic acids is 1. The van der Waals surface area contributed by atoms with E-state index in [-0.39, 0.29) is 11.1 Å². The largest absolute Gasteiger partial charge is 0.324 e. The fraction of sp³-hybridized carbons (Fsp3) is 0.0625. The number of hydrogen-bond donors (Lipinski definition) is 1. The van der Waals surface area contributed by atoms with Crippen molar-refractivity contribution < 1.29 is 4.79 Å². The first-order valence-corrected chi connectivity index (χ1v) is 6.53. The van der Waals surface area contributed by atoms with E-state index in [2.05, 4.69) is 5.32 Å². The molecule has 0 heterocycles. The predicted molar refractivity (Wildman–Crippen MR) is 79.5 cm³/mol. The molecule has 5 heteroatoms. The maximum absolute atomic E-state index is 12.1. The van der Waals surface area contributed by atoms with Crippen LogP contribution in [0, 0.1) is 22.7 Å². The normalized spacial score (nSPS) is 11.0. The Labute approximate surface area is 127 Å². The van der Waals surface area contributed by atoms with Crippen LogP contribution in [-0.2, 0) is 4.79 Å². The maximum atomic E-state index is 12.1. The Morgan fingerprint density at radius 1 is 1.05 bits per heavy atom. The number of amides is 1. The predicted octanol–water partition coefficient (Wildman–Crippen LogP) is 3.35. The highest BCUT2D eigenvalue weighted by Crippen LogP contribution is 2.23. The van der Waals surface area contributed by atoms with E-state index in [0.29, 0.717) is 11.3 Å². The molecule has 0 saturated carbocycles. The molecule has 2 rings (SSSR count). The molecular weight excluding hydrogens is 286 g/mol. The maximum Gasteiger partial charge on any atom is 0.246 e. The summed E-state index contributed by atoms with van der Waals surface area (Å²) in [6, 6.07) is 17.3. The molecular formula is C16H10ClN3O. The van der Waals surface area contributed by atoms with E-state index in [1.807, 2.05) is 18.2 Å². The Morgan fingerprint density at radius 2 is 1.71 bits per heavy atom. The highest BCUT2D eigenvalue weighted by Gasteiger charge is 2.17. The van der Waals surface area contributed by atoms with Crippen molar-refractivity contribution in [3.63, 3.8) is 0 Å². The smallest absolute Gasteiger partial charge is 0.246 e. The number of carbonyl (C=O) groups is 1. The molecule has 0 radical (unpaired) electrons. The fourth-order valence-corrected chi connectivity index (χ4v) is 1.99. The molecule has 1 atom stereocenters. The van der Waals surface area contributed by atoms with Gasteiger partial charge in [0.2, 0.25) is 5.91 Å². The minimum atomic E-state index is -0.827. The number of nitrogens with one attached hydrogen (secondary N) is 1. The average Bonchev–Trinajstić information content (AvgIpc) is 2.54. The lowest BCUT2D eigenvalue weighted by atomic mass is 10.1. The number of rotatable bonds is 3. The first-order chi connectivity index (χ1) is 10.2. The van der Waals surface area contributed by atoms with Crippen molar-refractivity contribution in [2.45, 2.75) is 5.38 Å². The number of halogens is 1. The first-order valence-electron chi connectivity index (χ1n) is 6.10. The van der Waals surface area contributed by atoms with Gasteiger partial charge in [0, 0.05) is 5.69 Å². The Kier molecular flexibility index (Phi) is 4.56. The van der Waals surface area contributed by atoms with Crippen molar-refractivity contribution in [2.75, 3.05) is 5.32 Å². The molecule has 102 valence electrons. The third-order valence-electron chi connectivity index (χ3n) is 2.85. The second-order valence-electron chi connectivity index (χ2n) is 4.25. The number of hydrogen-bond acceptors (Lipinski definition) is 3. The van der Waals surface area contributed by atoms with Crippen molar-refractivity contribution in [3.05, 3.63) is 65.2 Å². The molecule has 0 aliphatic rings. The molecule has 0 fully saturated rings. The van der Waals surface area contributed by atoms with Gasteiger partial charge in [0.15, 0.2) is 0 Å². The molecule has 0 bridgehead atoms. The molecule has 2 aromatic rings. The minimum absolute atomic E-state index is 0.209. The number of anilines is 1. The Balaban J connectivity index is 2.17. The zero-order valence-electron chi connectivity index (χ0n) is 10.9. The van der Waals surface area contributed by atoms with Crippen LogP contribution in [0.5, 0.6) is 0 Å². The lowest BCUT2D eigenvalue weighted by Gasteiger charge is -2.11. The van der Waals surface area contributed by atoms with Crippen molar-refractivity contribution in [1.82, 2.24) is 0 Å². The van der Waals surface area contributed by atoms with Gasteiger partial charge in [-0.05, 0) is 23.8 Å². The van der Waals surface area contributed by atoms with Gasteiger partial charge >= 0.3 is 0 Å². The third kappa shape index (κ3) is 3.39. The summed E-state index contributed by atoms with van der Waals surface area (Å²) in [4.78, 5) is 12.1. The topological polar surface area (TPSA) is 76.7 Å². The lowest BCUT2D eigenvalue weighted by molar-refractivity contribution is -0.116. The minimum Gasteiger partial charge on any atom is -0.324 e. The number of benzene rings is 2. The quantitative estimate of drug-likeness (QED) is 0.882. The zero-order valence-corrected chi connectivity index (χ0v) is 11.6. The summed E-state index contributed by atoms with van der Waals surface area (Å²) in [7, 11) is 0. The Hall–Kier alpha value is -2.82. The van der Waals surface area contributed by atoms with E-state index in [1.165, 1.54) is 12.1 Å². The number of nitrogens with zero attached hydrogens (tertiary/aromatic N) is 2. The summed E-state index contributed by atoms with van der Waals surface area (Å²) < 4.78 is 0. The zero-order chi connectivity index (χ0) is 15.2. The monoisotopic (exact) mass is 295 g/mol. The van der Waals surface area contributed by atoms with Gasteiger partial charge in [-0.15, -0.1) is 11.6 Å². The van der Waals surface area contributed by atoms with E-state index in [0.717, 1.165) is 0 Å². The van der Waals surface area contributed by atoms with Crippen LogP contribution in [0.1, 0.15) is 22.1 Å². The highest BCUT2D eigenvalue weighted by atomic mass is 35.5. The summed E-state index contributed by atoms with van der Waals surface area (Å²) in [5.74, 6) is -0.392. The van der Waals surface area contributed by atoms with Crippen molar-refractivity contribution >= 4 is 23.2 Å². The lowest BCUT2D eigenvalue weighted by Crippen LogP contribution is -2.17. The van der Waals surface area contributed by atoms with E-state index >= 15 is 0 Å². The summed E-state index contributed by atoms with van der Waals surface area (Å²) in [5.41, 5.74) is 1.59. The van der Waals surface area contributed by atoms with E-state index < -0.39 is 11.3 Å². The van der Waals surface area contributed by atoms with E-state index in [1.54, 1.807) is 30.3 Å². The van der Waals surface area contributed by atoms with Crippen molar-refractivity contribution in [3.8, 4) is 12.1 Å². The van der Waals surface area contributed by atoms with Crippen LogP contribution in [-0.4, -0.2) is 5.91 Å². The van der Waals surface area contributed by atoms with Crippen molar-refractivity contribution in [1.29, 1.82) is 10.5 Å². The fourth-order valence-electron chi connectivity index (χ4n) is 1.79. The van der Waals surface area contributed by atoms with Crippen molar-refractivity contribution in [2.24, 2.45) is 0 Å². The summed E-state index contributed by atoms with van der Waals surface area (Å²) >= 11 is 6.11. The average molecular weight is 296 g/mol. The molecule has 21 heavy (non-hydrogen) atoms. The van der Waals surface area contributed by atoms with E-state index in [4.69, 9.17) is 22.1 Å². The van der Waals surface area contributed by atoms with Crippen LogP contribution in [0.25, 0.3) is 0 Å². The number of alkyl halides is 1. The Bertz CT molecular complexity index is 744. The summed E-state index contributed by atoms with van der Waals surface area (Å²) in [5, 5.41) is 19.6. The highest BCUT2D eigenvalue weighted by molar-refractivity contribution is 6.32. The molecule has 0 saturated heterocycles. The van der Waals surface area contributed by atoms with Gasteiger partial charge in [-0.2, -0.15) is 10.5 Å². The molecule has 2 aromatic carbocycles. The van der Waals surface area contributed by atoms with Crippen LogP contribution in [0.3, 0.4) is 0 Å². The molecule has 1 amide bonds. The van der Waals surface area contributed by atoms with Gasteiger partial charge in [-0.3, -0.25) is 4.79 Å². The van der Waals surface area contributed by atoms with Crippen LogP contribution >= 0.6 is 11.6 Å². The standard InChI is InChI=1S/C16H10ClN3O/c17-15(11-4-2-1-3-5-11)16(21)20-14-7-6-12(9-18)13(8-14)10-19/h1-8,15H,(H,20,21). The van der Waals surface area contributed by atoms with Crippen LogP contribution in [0.4, 0.5) is 5.69 Å². The third-order valence-corrected chi connectivity index (χ3v) is 3.30.